The molecule has 7 nitrogen and oxygen atoms in total. The van der Waals surface area contributed by atoms with Crippen molar-refractivity contribution in [3.8, 4) is 0 Å². The van der Waals surface area contributed by atoms with E-state index >= 15 is 0 Å². The molecule has 0 unspecified atom stereocenters. The number of rotatable bonds is 5. The molecule has 4 aromatic rings. The summed E-state index contributed by atoms with van der Waals surface area (Å²) in [6.45, 7) is 2.11. The van der Waals surface area contributed by atoms with E-state index in [2.05, 4.69) is 5.10 Å². The second-order valence-electron chi connectivity index (χ2n) is 9.85. The lowest BCUT2D eigenvalue weighted by atomic mass is 9.96. The first-order valence-corrected chi connectivity index (χ1v) is 12.4. The van der Waals surface area contributed by atoms with Crippen LogP contribution in [-0.4, -0.2) is 56.9 Å². The molecule has 11 heteroatoms. The number of fused-ring (bicyclic) bond motifs is 2. The number of halogens is 4. The zero-order valence-electron chi connectivity index (χ0n) is 21.0. The number of nitrogens with zero attached hydrogens (tertiary/aromatic N) is 4. The van der Waals surface area contributed by atoms with Crippen molar-refractivity contribution in [2.45, 2.75) is 32.5 Å². The van der Waals surface area contributed by atoms with Crippen molar-refractivity contribution < 1.29 is 27.2 Å². The van der Waals surface area contributed by atoms with Gasteiger partial charge in [-0.2, -0.15) is 18.3 Å². The quantitative estimate of drug-likeness (QED) is 0.377. The normalized spacial score (nSPS) is 14.9. The highest BCUT2D eigenvalue weighted by atomic mass is 19.4. The summed E-state index contributed by atoms with van der Waals surface area (Å²) in [6.07, 6.45) is -1.10. The van der Waals surface area contributed by atoms with E-state index < -0.39 is 18.6 Å². The topological polar surface area (TPSA) is 72.2 Å². The first kappa shape index (κ1) is 25.7. The molecule has 0 aliphatic carbocycles. The Bertz CT molecular complexity index is 1530. The Morgan fingerprint density at radius 3 is 2.55 bits per heavy atom. The van der Waals surface area contributed by atoms with Gasteiger partial charge in [0.25, 0.3) is 11.8 Å². The molecule has 0 radical (unpaired) electrons. The number of nitrogens with one attached hydrogen (secondary N) is 1. The zero-order chi connectivity index (χ0) is 27.2. The number of amides is 2. The molecule has 1 N–H and O–H groups in total. The first-order valence-electron chi connectivity index (χ1n) is 12.4. The lowest BCUT2D eigenvalue weighted by Gasteiger charge is -2.32. The molecule has 2 aromatic carbocycles. The summed E-state index contributed by atoms with van der Waals surface area (Å²) in [5, 5.41) is 7.90. The maximum atomic E-state index is 13.6. The molecule has 0 atom stereocenters. The molecule has 0 spiro atoms. The zero-order valence-corrected chi connectivity index (χ0v) is 21.0. The summed E-state index contributed by atoms with van der Waals surface area (Å²) in [5.74, 6) is -0.919. The number of hydrogen-bond donors (Lipinski definition) is 1. The summed E-state index contributed by atoms with van der Waals surface area (Å²) < 4.78 is 54.6. The Hall–Kier alpha value is -3.89. The van der Waals surface area contributed by atoms with Crippen LogP contribution in [-0.2, 0) is 13.6 Å². The van der Waals surface area contributed by atoms with Gasteiger partial charge in [-0.1, -0.05) is 0 Å². The molecule has 200 valence electrons. The van der Waals surface area contributed by atoms with Gasteiger partial charge in [-0.05, 0) is 67.6 Å². The molecular formula is C27H27F4N5O2. The number of carbonyl (C=O) groups is 2. The van der Waals surface area contributed by atoms with Crippen molar-refractivity contribution in [3.05, 3.63) is 65.2 Å². The maximum absolute atomic E-state index is 13.6. The summed E-state index contributed by atoms with van der Waals surface area (Å²) in [5.41, 5.74) is 2.74. The molecule has 3 heterocycles. The highest BCUT2D eigenvalue weighted by molar-refractivity contribution is 6.00. The van der Waals surface area contributed by atoms with Crippen molar-refractivity contribution in [2.75, 3.05) is 19.6 Å². The van der Waals surface area contributed by atoms with Crippen molar-refractivity contribution in [2.24, 2.45) is 13.0 Å². The standard InChI is InChI=1S/C27H27F4N5O2/c1-16-20(25(37)32-15-27(29,30)31)4-5-22-21(16)14-36(33-22)13-17-7-9-35(10-8-17)26(38)24-12-18-11-19(28)3-6-23(18)34(24)2/h3-6,11-12,14,17H,7-10,13,15H2,1-2H3,(H,32,37). The first-order chi connectivity index (χ1) is 18.0. The number of piperidine rings is 1. The van der Waals surface area contributed by atoms with E-state index in [0.29, 0.717) is 47.2 Å². The van der Waals surface area contributed by atoms with E-state index in [0.717, 1.165) is 18.4 Å². The van der Waals surface area contributed by atoms with Gasteiger partial charge in [0.05, 0.1) is 5.52 Å². The Balaban J connectivity index is 1.23. The molecule has 2 aromatic heterocycles. The van der Waals surface area contributed by atoms with E-state index in [1.165, 1.54) is 18.2 Å². The van der Waals surface area contributed by atoms with Crippen molar-refractivity contribution in [1.82, 2.24) is 24.6 Å². The van der Waals surface area contributed by atoms with Crippen molar-refractivity contribution in [1.29, 1.82) is 0 Å². The molecule has 38 heavy (non-hydrogen) atoms. The summed E-state index contributed by atoms with van der Waals surface area (Å²) in [6, 6.07) is 9.33. The van der Waals surface area contributed by atoms with Gasteiger partial charge in [0.2, 0.25) is 0 Å². The van der Waals surface area contributed by atoms with E-state index in [1.54, 1.807) is 41.4 Å². The number of hydrogen-bond acceptors (Lipinski definition) is 3. The minimum Gasteiger partial charge on any atom is -0.343 e. The highest BCUT2D eigenvalue weighted by Crippen LogP contribution is 2.26. The number of aryl methyl sites for hydroxylation is 2. The third kappa shape index (κ3) is 5.09. The third-order valence-electron chi connectivity index (χ3n) is 7.27. The van der Waals surface area contributed by atoms with Gasteiger partial charge in [-0.3, -0.25) is 14.3 Å². The van der Waals surface area contributed by atoms with E-state index in [-0.39, 0.29) is 23.2 Å². The average Bonchev–Trinajstić information content (AvgIpc) is 3.43. The van der Waals surface area contributed by atoms with E-state index in [4.69, 9.17) is 0 Å². The van der Waals surface area contributed by atoms with Crippen LogP contribution in [0.2, 0.25) is 0 Å². The fourth-order valence-corrected chi connectivity index (χ4v) is 5.17. The van der Waals surface area contributed by atoms with Crippen LogP contribution in [0.5, 0.6) is 0 Å². The number of alkyl halides is 3. The van der Waals surface area contributed by atoms with Gasteiger partial charge in [0, 0.05) is 54.7 Å². The summed E-state index contributed by atoms with van der Waals surface area (Å²) >= 11 is 0. The van der Waals surface area contributed by atoms with Gasteiger partial charge in [0.15, 0.2) is 0 Å². The van der Waals surface area contributed by atoms with Crippen LogP contribution in [0.3, 0.4) is 0 Å². The van der Waals surface area contributed by atoms with Crippen LogP contribution in [0.1, 0.15) is 39.3 Å². The van der Waals surface area contributed by atoms with Crippen LogP contribution in [0.15, 0.2) is 42.6 Å². The molecule has 1 saturated heterocycles. The molecule has 5 rings (SSSR count). The van der Waals surface area contributed by atoms with E-state index in [1.807, 2.05) is 16.4 Å². The molecular weight excluding hydrogens is 502 g/mol. The lowest BCUT2D eigenvalue weighted by molar-refractivity contribution is -0.123. The van der Waals surface area contributed by atoms with Crippen LogP contribution in [0, 0.1) is 18.7 Å². The average molecular weight is 530 g/mol. The van der Waals surface area contributed by atoms with Gasteiger partial charge < -0.3 is 14.8 Å². The fraction of sp³-hybridized carbons (Fsp3) is 0.370. The van der Waals surface area contributed by atoms with Crippen molar-refractivity contribution >= 4 is 33.6 Å². The number of likely N-dealkylation sites (tertiary alicyclic amines) is 1. The van der Waals surface area contributed by atoms with Gasteiger partial charge in [0.1, 0.15) is 18.1 Å². The summed E-state index contributed by atoms with van der Waals surface area (Å²) in [4.78, 5) is 27.3. The highest BCUT2D eigenvalue weighted by Gasteiger charge is 2.29. The summed E-state index contributed by atoms with van der Waals surface area (Å²) in [7, 11) is 1.80. The van der Waals surface area contributed by atoms with Gasteiger partial charge in [-0.15, -0.1) is 0 Å². The number of carbonyl (C=O) groups excluding carboxylic acids is 2. The van der Waals surface area contributed by atoms with E-state index in [9.17, 15) is 27.2 Å². The van der Waals surface area contributed by atoms with Crippen molar-refractivity contribution in [3.63, 3.8) is 0 Å². The minimum absolute atomic E-state index is 0.0839. The SMILES string of the molecule is Cc1c(C(=O)NCC(F)(F)F)ccc2nn(CC3CCN(C(=O)c4cc5cc(F)ccc5n4C)CC3)cc12. The van der Waals surface area contributed by atoms with Crippen LogP contribution < -0.4 is 5.32 Å². The van der Waals surface area contributed by atoms with Crippen LogP contribution >= 0.6 is 0 Å². The van der Waals surface area contributed by atoms with Crippen LogP contribution in [0.25, 0.3) is 21.8 Å². The predicted octanol–water partition coefficient (Wildman–Crippen LogP) is 4.82. The molecule has 1 aliphatic heterocycles. The second kappa shape index (κ2) is 9.77. The number of aromatic nitrogens is 3. The lowest BCUT2D eigenvalue weighted by Crippen LogP contribution is -2.40. The monoisotopic (exact) mass is 529 g/mol. The Kier molecular flexibility index (Phi) is 6.62. The molecule has 1 aliphatic rings. The van der Waals surface area contributed by atoms with Gasteiger partial charge in [-0.25, -0.2) is 4.39 Å². The maximum Gasteiger partial charge on any atom is 0.405 e. The molecule has 0 bridgehead atoms. The molecule has 0 saturated carbocycles. The smallest absolute Gasteiger partial charge is 0.343 e. The Labute approximate surface area is 216 Å². The second-order valence-corrected chi connectivity index (χ2v) is 9.85. The Morgan fingerprint density at radius 2 is 1.84 bits per heavy atom. The largest absolute Gasteiger partial charge is 0.405 e. The third-order valence-corrected chi connectivity index (χ3v) is 7.27. The minimum atomic E-state index is -4.48. The number of benzene rings is 2. The molecule has 2 amide bonds. The predicted molar refractivity (Wildman–Crippen MR) is 134 cm³/mol. The Morgan fingerprint density at radius 1 is 1.11 bits per heavy atom. The molecule has 1 fully saturated rings. The van der Waals surface area contributed by atoms with Crippen LogP contribution in [0.4, 0.5) is 17.6 Å². The van der Waals surface area contributed by atoms with Gasteiger partial charge >= 0.3 is 6.18 Å². The fourth-order valence-electron chi connectivity index (χ4n) is 5.17.